The summed E-state index contributed by atoms with van der Waals surface area (Å²) in [4.78, 5) is 0. The molecule has 0 saturated heterocycles. The van der Waals surface area contributed by atoms with Gasteiger partial charge in [-0.05, 0) is 120 Å². The Morgan fingerprint density at radius 2 is 0.516 bits per heavy atom. The summed E-state index contributed by atoms with van der Waals surface area (Å²) in [5.41, 5.74) is 0.0329. The molecule has 0 fully saturated rings. The molecule has 0 bridgehead atoms. The molecule has 95 heavy (non-hydrogen) atoms. The molecule has 20 nitrogen and oxygen atoms in total. The van der Waals surface area contributed by atoms with Crippen molar-refractivity contribution in [2.24, 2.45) is 0 Å². The van der Waals surface area contributed by atoms with Gasteiger partial charge in [0.05, 0.1) is 46.5 Å². The summed E-state index contributed by atoms with van der Waals surface area (Å²) >= 11 is 0. The van der Waals surface area contributed by atoms with Crippen LogP contribution in [0.3, 0.4) is 0 Å². The number of aliphatic hydroxyl groups is 5. The predicted octanol–water partition coefficient (Wildman–Crippen LogP) is 8.07. The molecule has 5 aromatic rings. The van der Waals surface area contributed by atoms with Gasteiger partial charge in [-0.15, -0.1) is 0 Å². The summed E-state index contributed by atoms with van der Waals surface area (Å²) in [6, 6.07) is 18.0. The highest BCUT2D eigenvalue weighted by atomic mass is 16.5. The molecule has 20 heteroatoms. The SMILES string of the molecule is [2H]C(C)(C)NC([2H])([2H])C(O)COc1ccc(C([2H])([2H])C([2H])([2H])OC)cc1.[2H]C([2H])(NC(C)C)C(O)COc1ccc(C([2H])([2H])C([2H])([2H])OC)cc1.[2H]C([2H])(NC([2H])(C([2H])([2H])[2H])C([2H])([2H])[2H])C(O)COc1ccc(C([2H])([2H])C([2H])([2H])OC)cc1.[2H]C([2H])(NC([2H])(C)C([2H])([2H])[2H])C(O)COc1ccc(C([2H])([2H])C([2H])([2H])OC)cc1.[2H]C([2H])([2H])C(C)NC([2H])([2H])C(O)COc1ccc(C([2H])([2H])C([2H])([2H])OC)cc1. The third-order valence-electron chi connectivity index (χ3n) is 10.1. The lowest BCUT2D eigenvalue weighted by atomic mass is 10.1. The Bertz CT molecular complexity index is 4500. The highest BCUT2D eigenvalue weighted by molar-refractivity contribution is 5.31. The third kappa shape index (κ3) is 50.5. The quantitative estimate of drug-likeness (QED) is 0.0177. The molecular formula is C75H125N5O15. The average Bonchev–Trinajstić information content (AvgIpc) is 0.752. The number of aliphatic hydroxyl groups excluding tert-OH is 5. The molecule has 5 aromatic carbocycles. The highest BCUT2D eigenvalue weighted by Gasteiger charge is 2.11. The van der Waals surface area contributed by atoms with Gasteiger partial charge in [-0.3, -0.25) is 0 Å². The van der Waals surface area contributed by atoms with Crippen LogP contribution in [0.5, 0.6) is 28.7 Å². The predicted molar refractivity (Wildman–Crippen MR) is 383 cm³/mol. The lowest BCUT2D eigenvalue weighted by Crippen LogP contribution is -2.35. The zero-order valence-corrected chi connectivity index (χ0v) is 54.9. The molecule has 0 spiro atoms. The van der Waals surface area contributed by atoms with E-state index in [0.29, 0.717) is 5.75 Å². The van der Waals surface area contributed by atoms with Crippen LogP contribution >= 0.6 is 0 Å². The van der Waals surface area contributed by atoms with Crippen molar-refractivity contribution < 1.29 is 135 Å². The van der Waals surface area contributed by atoms with Gasteiger partial charge in [0.15, 0.2) is 0 Å². The number of ether oxygens (including phenoxy) is 10. The second-order valence-electron chi connectivity index (χ2n) is 19.2. The molecule has 10 N–H and O–H groups in total. The molecule has 0 aliphatic carbocycles. The second kappa shape index (κ2) is 56.5. The van der Waals surface area contributed by atoms with Crippen molar-refractivity contribution in [1.29, 1.82) is 0 Å². The zero-order chi connectivity index (χ0) is 110. The first-order valence-corrected chi connectivity index (χ1v) is 28.8. The van der Waals surface area contributed by atoms with Crippen LogP contribution in [0.1, 0.15) is 158 Å². The van der Waals surface area contributed by atoms with E-state index in [9.17, 15) is 25.5 Å². The summed E-state index contributed by atoms with van der Waals surface area (Å²) in [5.74, 6) is 0.915. The van der Waals surface area contributed by atoms with Crippen LogP contribution in [-0.2, 0) is 55.5 Å². The maximum absolute atomic E-state index is 10.1. The lowest BCUT2D eigenvalue weighted by Gasteiger charge is -2.15. The Kier molecular flexibility index (Phi) is 23.1. The Labute approximate surface area is 634 Å². The Balaban J connectivity index is 0.000000877. The largest absolute Gasteiger partial charge is 0.491 e. The van der Waals surface area contributed by atoms with Crippen molar-refractivity contribution in [2.45, 2.75) is 161 Å². The van der Waals surface area contributed by atoms with E-state index in [4.69, 9.17) is 85.4 Å². The van der Waals surface area contributed by atoms with Crippen LogP contribution in [0, 0.1) is 0 Å². The van der Waals surface area contributed by atoms with Gasteiger partial charge in [0, 0.05) is 146 Å². The molecule has 0 amide bonds. The number of hydrogen-bond acceptors (Lipinski definition) is 20. The summed E-state index contributed by atoms with van der Waals surface area (Å²) < 4.78 is 392. The highest BCUT2D eigenvalue weighted by Crippen LogP contribution is 2.17. The summed E-state index contributed by atoms with van der Waals surface area (Å²) in [6.45, 7) is -31.1. The van der Waals surface area contributed by atoms with Crippen molar-refractivity contribution in [1.82, 2.24) is 26.6 Å². The summed E-state index contributed by atoms with van der Waals surface area (Å²) in [6.07, 6.45) is -20.7. The van der Waals surface area contributed by atoms with E-state index >= 15 is 0 Å². The van der Waals surface area contributed by atoms with E-state index in [-0.39, 0.29) is 70.1 Å². The van der Waals surface area contributed by atoms with E-state index in [1.165, 1.54) is 142 Å². The number of nitrogens with one attached hydrogen (secondary N) is 5. The van der Waals surface area contributed by atoms with Crippen molar-refractivity contribution in [3.8, 4) is 28.7 Å². The first kappa shape index (κ1) is 38.7. The molecule has 7 atom stereocenters. The lowest BCUT2D eigenvalue weighted by molar-refractivity contribution is 0.104. The maximum atomic E-state index is 10.1. The maximum Gasteiger partial charge on any atom is 0.119 e. The van der Waals surface area contributed by atoms with Gasteiger partial charge < -0.3 is 99.5 Å². The Morgan fingerprint density at radius 1 is 0.305 bits per heavy atom. The number of rotatable bonds is 45. The molecule has 7 unspecified atom stereocenters. The first-order valence-electron chi connectivity index (χ1n) is 51.3. The van der Waals surface area contributed by atoms with Crippen LogP contribution in [0.25, 0.3) is 0 Å². The van der Waals surface area contributed by atoms with Crippen molar-refractivity contribution >= 4 is 0 Å². The Morgan fingerprint density at radius 3 is 0.716 bits per heavy atom. The number of hydrogen-bond donors (Lipinski definition) is 10. The van der Waals surface area contributed by atoms with E-state index in [1.807, 2.05) is 5.32 Å². The summed E-state index contributed by atoms with van der Waals surface area (Å²) in [7, 11) is 5.30. The molecular weight excluding hydrogens is 1210 g/mol. The van der Waals surface area contributed by atoms with Gasteiger partial charge in [0.25, 0.3) is 0 Å². The van der Waals surface area contributed by atoms with Crippen LogP contribution in [0.2, 0.25) is 0 Å². The number of benzene rings is 5. The normalized spacial score (nSPS) is 23.6. The smallest absolute Gasteiger partial charge is 0.119 e. The van der Waals surface area contributed by atoms with Crippen LogP contribution < -0.4 is 50.3 Å². The number of aryl methyl sites for hydroxylation is 5. The van der Waals surface area contributed by atoms with Crippen molar-refractivity contribution in [3.05, 3.63) is 149 Å². The minimum absolute atomic E-state index is 0.00995. The van der Waals surface area contributed by atoms with Crippen LogP contribution in [0.15, 0.2) is 121 Å². The van der Waals surface area contributed by atoms with Gasteiger partial charge in [-0.25, -0.2) is 0 Å². The molecule has 0 aliphatic rings. The topological polar surface area (TPSA) is 254 Å². The van der Waals surface area contributed by atoms with Gasteiger partial charge in [0.2, 0.25) is 0 Å². The molecule has 0 aliphatic heterocycles. The van der Waals surface area contributed by atoms with Gasteiger partial charge in [-0.2, -0.15) is 0 Å². The fourth-order valence-electron chi connectivity index (χ4n) is 5.87. The zero-order valence-electron chi connectivity index (χ0n) is 99.9. The average molecular weight is 1380 g/mol. The fourth-order valence-corrected chi connectivity index (χ4v) is 5.87. The molecule has 0 radical (unpaired) electrons. The molecule has 0 saturated carbocycles. The van der Waals surface area contributed by atoms with Crippen molar-refractivity contribution in [3.63, 3.8) is 0 Å². The van der Waals surface area contributed by atoms with Crippen molar-refractivity contribution in [2.75, 3.05) is 134 Å². The fraction of sp³-hybridized carbons (Fsp3) is 0.600. The summed E-state index contributed by atoms with van der Waals surface area (Å²) in [5, 5.41) is 60.7. The van der Waals surface area contributed by atoms with E-state index in [1.54, 1.807) is 19.2 Å². The number of methoxy groups -OCH3 is 5. The van der Waals surface area contributed by atoms with E-state index < -0.39 is 199 Å². The van der Waals surface area contributed by atoms with Gasteiger partial charge >= 0.3 is 0 Å². The second-order valence-corrected chi connectivity index (χ2v) is 19.2. The molecule has 0 heterocycles. The minimum Gasteiger partial charge on any atom is -0.491 e. The molecule has 540 valence electrons. The van der Waals surface area contributed by atoms with Crippen LogP contribution in [-0.4, -0.2) is 220 Å². The van der Waals surface area contributed by atoms with E-state index in [0.717, 1.165) is 42.5 Å². The molecule has 0 aromatic heterocycles. The van der Waals surface area contributed by atoms with Gasteiger partial charge in [-0.1, -0.05) is 130 Å². The van der Waals surface area contributed by atoms with Crippen LogP contribution in [0.4, 0.5) is 0 Å². The first-order chi connectivity index (χ1) is 62.5. The monoisotopic (exact) mass is 1380 g/mol. The Hall–Kier alpha value is -5.50. The third-order valence-corrected chi connectivity index (χ3v) is 10.1. The standard InChI is InChI=1S/5C15H25NO3/c5*1-12(2)16-10-14(17)11-19-15-6-4-13(5-7-15)8-9-18-3/h5*4-7,12,14,16-17H,8-11H2,1-3H3/i1D3,2D3,8D2,9D2,10D2,12D;1D3,8D2,9D2,10D2,12D;8D2,9D2,10D2,12D;1D3,8D2,9D2,10D2;8D2,9D2,10D2. The molecule has 5 rings (SSSR count). The minimum atomic E-state index is -3.45. The van der Waals surface area contributed by atoms with Gasteiger partial charge in [0.1, 0.15) is 92.3 Å². The van der Waals surface area contributed by atoms with E-state index in [2.05, 4.69) is 39.6 Å².